The van der Waals surface area contributed by atoms with Crippen LogP contribution in [0, 0.1) is 11.6 Å². The van der Waals surface area contributed by atoms with Crippen molar-refractivity contribution in [3.8, 4) is 5.75 Å². The number of amides is 2. The first-order valence-electron chi connectivity index (χ1n) is 9.23. The molecular formula is C23H20F2N2O3. The highest BCUT2D eigenvalue weighted by Gasteiger charge is 2.21. The topological polar surface area (TPSA) is 81.4 Å². The van der Waals surface area contributed by atoms with Gasteiger partial charge in [0.2, 0.25) is 5.91 Å². The molecule has 0 saturated carbocycles. The molecule has 3 rings (SSSR count). The third-order valence-electron chi connectivity index (χ3n) is 4.44. The Morgan fingerprint density at radius 2 is 1.63 bits per heavy atom. The normalized spacial score (nSPS) is 11.5. The van der Waals surface area contributed by atoms with Gasteiger partial charge in [0.05, 0.1) is 5.56 Å². The van der Waals surface area contributed by atoms with Gasteiger partial charge in [0.15, 0.2) is 0 Å². The number of rotatable bonds is 8. The average Bonchev–Trinajstić information content (AvgIpc) is 2.73. The van der Waals surface area contributed by atoms with Crippen LogP contribution in [-0.4, -0.2) is 17.9 Å². The molecule has 0 spiro atoms. The maximum absolute atomic E-state index is 13.8. The predicted octanol–water partition coefficient (Wildman–Crippen LogP) is 3.37. The lowest BCUT2D eigenvalue weighted by atomic mass is 10.0. The van der Waals surface area contributed by atoms with Crippen LogP contribution in [0.4, 0.5) is 8.78 Å². The smallest absolute Gasteiger partial charge is 0.254 e. The maximum atomic E-state index is 13.8. The Bertz CT molecular complexity index is 1020. The Balaban J connectivity index is 1.62. The number of benzene rings is 3. The minimum atomic E-state index is -1.06. The first-order valence-corrected chi connectivity index (χ1v) is 9.23. The largest absolute Gasteiger partial charge is 0.489 e. The number of hydrogen-bond donors (Lipinski definition) is 2. The van der Waals surface area contributed by atoms with Crippen molar-refractivity contribution < 1.29 is 23.1 Å². The van der Waals surface area contributed by atoms with Gasteiger partial charge in [-0.2, -0.15) is 0 Å². The number of ether oxygens (including phenoxy) is 1. The number of nitrogens with two attached hydrogens (primary N) is 1. The molecule has 0 unspecified atom stereocenters. The molecule has 0 radical (unpaired) electrons. The third kappa shape index (κ3) is 5.64. The molecule has 0 saturated heterocycles. The highest BCUT2D eigenvalue weighted by atomic mass is 19.1. The van der Waals surface area contributed by atoms with E-state index in [0.29, 0.717) is 18.4 Å². The second-order valence-corrected chi connectivity index (χ2v) is 6.67. The van der Waals surface area contributed by atoms with Crippen LogP contribution in [-0.2, 0) is 17.8 Å². The number of carbonyl (C=O) groups excluding carboxylic acids is 2. The highest BCUT2D eigenvalue weighted by Crippen LogP contribution is 2.16. The van der Waals surface area contributed by atoms with Crippen LogP contribution >= 0.6 is 0 Å². The summed E-state index contributed by atoms with van der Waals surface area (Å²) in [6, 6.07) is 18.2. The van der Waals surface area contributed by atoms with Crippen molar-refractivity contribution in [1.29, 1.82) is 0 Å². The molecule has 0 bridgehead atoms. The zero-order valence-electron chi connectivity index (χ0n) is 16.0. The molecule has 30 heavy (non-hydrogen) atoms. The molecule has 1 atom stereocenters. The Labute approximate surface area is 172 Å². The van der Waals surface area contributed by atoms with Crippen LogP contribution in [0.25, 0.3) is 0 Å². The van der Waals surface area contributed by atoms with Crippen LogP contribution in [0.2, 0.25) is 0 Å². The fourth-order valence-corrected chi connectivity index (χ4v) is 2.83. The van der Waals surface area contributed by atoms with Crippen molar-refractivity contribution in [3.63, 3.8) is 0 Å². The quantitative estimate of drug-likeness (QED) is 0.597. The third-order valence-corrected chi connectivity index (χ3v) is 4.44. The lowest BCUT2D eigenvalue weighted by Crippen LogP contribution is -2.46. The van der Waals surface area contributed by atoms with Crippen molar-refractivity contribution in [2.45, 2.75) is 19.1 Å². The van der Waals surface area contributed by atoms with Gasteiger partial charge in [0, 0.05) is 12.5 Å². The molecule has 0 aromatic heterocycles. The van der Waals surface area contributed by atoms with Gasteiger partial charge in [-0.3, -0.25) is 9.59 Å². The average molecular weight is 410 g/mol. The summed E-state index contributed by atoms with van der Waals surface area (Å²) >= 11 is 0. The highest BCUT2D eigenvalue weighted by molar-refractivity contribution is 5.97. The zero-order chi connectivity index (χ0) is 21.5. The maximum Gasteiger partial charge on any atom is 0.254 e. The Hall–Kier alpha value is -3.74. The summed E-state index contributed by atoms with van der Waals surface area (Å²) < 4.78 is 32.5. The summed E-state index contributed by atoms with van der Waals surface area (Å²) in [5, 5.41) is 2.40. The predicted molar refractivity (Wildman–Crippen MR) is 108 cm³/mol. The summed E-state index contributed by atoms with van der Waals surface area (Å²) in [4.78, 5) is 24.0. The molecule has 5 nitrogen and oxygen atoms in total. The number of primary amides is 1. The van der Waals surface area contributed by atoms with Gasteiger partial charge in [-0.25, -0.2) is 8.78 Å². The van der Waals surface area contributed by atoms with Gasteiger partial charge in [-0.15, -0.1) is 0 Å². The first-order chi connectivity index (χ1) is 14.4. The van der Waals surface area contributed by atoms with Crippen molar-refractivity contribution in [1.82, 2.24) is 5.32 Å². The summed E-state index contributed by atoms with van der Waals surface area (Å²) in [6.45, 7) is 0.420. The van der Waals surface area contributed by atoms with Crippen LogP contribution in [0.15, 0.2) is 72.8 Å². The Morgan fingerprint density at radius 3 is 2.27 bits per heavy atom. The van der Waals surface area contributed by atoms with E-state index in [0.717, 1.165) is 23.3 Å². The Morgan fingerprint density at radius 1 is 0.933 bits per heavy atom. The molecule has 3 N–H and O–H groups in total. The van der Waals surface area contributed by atoms with E-state index in [1.807, 2.05) is 30.3 Å². The van der Waals surface area contributed by atoms with Crippen LogP contribution in [0.3, 0.4) is 0 Å². The number of halogens is 2. The molecule has 0 aliphatic rings. The van der Waals surface area contributed by atoms with E-state index in [-0.39, 0.29) is 12.0 Å². The van der Waals surface area contributed by atoms with E-state index in [9.17, 15) is 18.4 Å². The van der Waals surface area contributed by atoms with Crippen molar-refractivity contribution in [3.05, 3.63) is 101 Å². The second kappa shape index (κ2) is 9.65. The molecule has 0 fully saturated rings. The second-order valence-electron chi connectivity index (χ2n) is 6.67. The lowest BCUT2D eigenvalue weighted by molar-refractivity contribution is -0.119. The van der Waals surface area contributed by atoms with Crippen molar-refractivity contribution in [2.75, 3.05) is 0 Å². The minimum Gasteiger partial charge on any atom is -0.489 e. The van der Waals surface area contributed by atoms with Crippen LogP contribution in [0.1, 0.15) is 21.5 Å². The van der Waals surface area contributed by atoms with Crippen molar-refractivity contribution in [2.24, 2.45) is 5.73 Å². The van der Waals surface area contributed by atoms with Gasteiger partial charge in [-0.05, 0) is 35.4 Å². The van der Waals surface area contributed by atoms with Gasteiger partial charge in [0.1, 0.15) is 30.0 Å². The van der Waals surface area contributed by atoms with E-state index in [4.69, 9.17) is 10.5 Å². The summed E-state index contributed by atoms with van der Waals surface area (Å²) in [7, 11) is 0. The summed E-state index contributed by atoms with van der Waals surface area (Å²) in [5.74, 6) is -2.79. The molecule has 0 aliphatic carbocycles. The SMILES string of the molecule is NC(=O)[C@H](Cc1ccc(OCc2ccccc2)cc1)NC(=O)c1ccc(F)cc1F. The van der Waals surface area contributed by atoms with Gasteiger partial charge >= 0.3 is 0 Å². The van der Waals surface area contributed by atoms with E-state index >= 15 is 0 Å². The Kier molecular flexibility index (Phi) is 6.75. The minimum absolute atomic E-state index is 0.114. The van der Waals surface area contributed by atoms with Gasteiger partial charge in [-0.1, -0.05) is 42.5 Å². The van der Waals surface area contributed by atoms with E-state index < -0.39 is 29.5 Å². The number of carbonyl (C=O) groups is 2. The zero-order valence-corrected chi connectivity index (χ0v) is 16.0. The van der Waals surface area contributed by atoms with Gasteiger partial charge in [0.25, 0.3) is 5.91 Å². The number of nitrogens with one attached hydrogen (secondary N) is 1. The van der Waals surface area contributed by atoms with Gasteiger partial charge < -0.3 is 15.8 Å². The molecule has 0 aliphatic heterocycles. The molecule has 3 aromatic carbocycles. The molecule has 3 aromatic rings. The fraction of sp³-hybridized carbons (Fsp3) is 0.130. The van der Waals surface area contributed by atoms with Crippen LogP contribution in [0.5, 0.6) is 5.75 Å². The molecule has 154 valence electrons. The molecule has 0 heterocycles. The molecule has 2 amide bonds. The summed E-state index contributed by atoms with van der Waals surface area (Å²) in [6.07, 6.45) is 0.114. The molecule has 7 heteroatoms. The van der Waals surface area contributed by atoms with Crippen LogP contribution < -0.4 is 15.8 Å². The lowest BCUT2D eigenvalue weighted by Gasteiger charge is -2.16. The van der Waals surface area contributed by atoms with E-state index in [1.165, 1.54) is 0 Å². The van der Waals surface area contributed by atoms with E-state index in [2.05, 4.69) is 5.32 Å². The van der Waals surface area contributed by atoms with E-state index in [1.54, 1.807) is 24.3 Å². The monoisotopic (exact) mass is 410 g/mol. The number of hydrogen-bond acceptors (Lipinski definition) is 3. The standard InChI is InChI=1S/C23H20F2N2O3/c24-17-8-11-19(20(25)13-17)23(29)27-21(22(26)28)12-15-6-9-18(10-7-15)30-14-16-4-2-1-3-5-16/h1-11,13,21H,12,14H2,(H2,26,28)(H,27,29)/t21-/m0/s1. The summed E-state index contributed by atoms with van der Waals surface area (Å²) in [5.41, 5.74) is 6.78. The molecular weight excluding hydrogens is 390 g/mol. The van der Waals surface area contributed by atoms with Crippen molar-refractivity contribution >= 4 is 11.8 Å². The first kappa shape index (κ1) is 21.0. The fourth-order valence-electron chi connectivity index (χ4n) is 2.83.